The maximum atomic E-state index is 14.0. The number of hydrogen-bond donors (Lipinski definition) is 0. The molecule has 14 nitrogen and oxygen atoms in total. The molecule has 6 aromatic carbocycles. The van der Waals surface area contributed by atoms with Crippen molar-refractivity contribution < 1.29 is 28.5 Å². The molecule has 2 fully saturated rings. The van der Waals surface area contributed by atoms with Crippen molar-refractivity contribution in [2.45, 2.75) is 87.1 Å². The minimum atomic E-state index is -0.992. The molecule has 0 saturated carbocycles. The van der Waals surface area contributed by atoms with Gasteiger partial charge in [-0.1, -0.05) is 192 Å². The van der Waals surface area contributed by atoms with E-state index in [9.17, 15) is 9.59 Å². The standard InChI is InChI=1S/C60H60N8O6/c69-57-67-37-21-19-35-52-40-66(64-62-52)42-54-56(44-72-60(48-29-13-4-14-30-48,49-31-15-5-16-32-49)50-33-17-6-18-34-50)74-58(70)68(54)38-22-20-36-51-39-65(63-61-51)41-53(67)55(73-57)43-71-59(45-23-7-1-8-24-45,46-25-9-2-10-26-46)47-27-11-3-12-28-47/h1-18,23-34,39-40,53-56H,19-22,35-38,41-44H2. The summed E-state index contributed by atoms with van der Waals surface area (Å²) in [6, 6.07) is 60.5. The zero-order valence-corrected chi connectivity index (χ0v) is 41.3. The Kier molecular flexibility index (Phi) is 14.4. The molecule has 2 saturated heterocycles. The molecule has 4 bridgehead atoms. The van der Waals surface area contributed by atoms with Crippen molar-refractivity contribution in [2.24, 2.45) is 0 Å². The van der Waals surface area contributed by atoms with Gasteiger partial charge < -0.3 is 18.9 Å². The van der Waals surface area contributed by atoms with Crippen LogP contribution in [0.4, 0.5) is 9.59 Å². The topological polar surface area (TPSA) is 139 Å². The second-order valence-electron chi connectivity index (χ2n) is 19.3. The van der Waals surface area contributed by atoms with E-state index in [1.165, 1.54) is 0 Å². The van der Waals surface area contributed by atoms with Crippen molar-refractivity contribution >= 4 is 12.2 Å². The number of nitrogens with zero attached hydrogens (tertiary/aromatic N) is 8. The first-order chi connectivity index (χ1) is 36.5. The number of hydrogen-bond acceptors (Lipinski definition) is 10. The van der Waals surface area contributed by atoms with Crippen LogP contribution in [0.25, 0.3) is 0 Å². The number of cyclic esters (lactones) is 2. The lowest BCUT2D eigenvalue weighted by atomic mass is 9.80. The van der Waals surface area contributed by atoms with Crippen LogP contribution >= 0.6 is 0 Å². The normalized spacial score (nSPS) is 19.8. The number of rotatable bonds is 12. The molecule has 74 heavy (non-hydrogen) atoms. The van der Waals surface area contributed by atoms with E-state index in [1.54, 1.807) is 0 Å². The van der Waals surface area contributed by atoms with Crippen molar-refractivity contribution in [3.05, 3.63) is 239 Å². The summed E-state index contributed by atoms with van der Waals surface area (Å²) in [4.78, 5) is 31.7. The average molecular weight is 989 g/mol. The first-order valence-corrected chi connectivity index (χ1v) is 25.8. The molecule has 0 N–H and O–H groups in total. The van der Waals surface area contributed by atoms with E-state index in [4.69, 9.17) is 18.9 Å². The Morgan fingerprint density at radius 3 is 1.03 bits per heavy atom. The fourth-order valence-electron chi connectivity index (χ4n) is 11.1. The lowest BCUT2D eigenvalue weighted by molar-refractivity contribution is -0.0391. The summed E-state index contributed by atoms with van der Waals surface area (Å²) in [6.45, 7) is 1.90. The summed E-state index contributed by atoms with van der Waals surface area (Å²) < 4.78 is 30.6. The highest BCUT2D eigenvalue weighted by atomic mass is 16.6. The Labute approximate surface area is 431 Å². The number of amides is 2. The SMILES string of the molecule is O=C1OC(COC(c2ccccc2)(c2ccccc2)c2ccccc2)C2Cn3cc(nn3)CCCCN3C(=O)OC(COC(c4ccccc4)(c4ccccc4)c4ccccc4)C3Cn3cc(nn3)CCCCN12. The van der Waals surface area contributed by atoms with Gasteiger partial charge in [-0.2, -0.15) is 0 Å². The number of aromatic nitrogens is 6. The van der Waals surface area contributed by atoms with Crippen molar-refractivity contribution in [1.82, 2.24) is 39.8 Å². The first kappa shape index (κ1) is 48.3. The molecule has 0 radical (unpaired) electrons. The van der Waals surface area contributed by atoms with Gasteiger partial charge in [0.15, 0.2) is 0 Å². The van der Waals surface area contributed by atoms with Gasteiger partial charge in [-0.25, -0.2) is 9.59 Å². The van der Waals surface area contributed by atoms with Gasteiger partial charge in [0.2, 0.25) is 0 Å². The number of fused-ring (bicyclic) bond motifs is 6. The molecule has 4 unspecified atom stereocenters. The maximum Gasteiger partial charge on any atom is 0.410 e. The highest BCUT2D eigenvalue weighted by Crippen LogP contribution is 2.43. The minimum absolute atomic E-state index is 0.122. The van der Waals surface area contributed by atoms with Crippen LogP contribution in [0.1, 0.15) is 70.5 Å². The van der Waals surface area contributed by atoms with Gasteiger partial charge in [0.1, 0.15) is 23.4 Å². The number of carbonyl (C=O) groups excluding carboxylic acids is 2. The number of carbonyl (C=O) groups is 2. The van der Waals surface area contributed by atoms with Crippen LogP contribution in [0.3, 0.4) is 0 Å². The van der Waals surface area contributed by atoms with Crippen LogP contribution < -0.4 is 0 Å². The van der Waals surface area contributed by atoms with E-state index < -0.39 is 35.5 Å². The van der Waals surface area contributed by atoms with Crippen molar-refractivity contribution in [3.8, 4) is 0 Å². The molecule has 11 rings (SSSR count). The Morgan fingerprint density at radius 1 is 0.432 bits per heavy atom. The molecular weight excluding hydrogens is 929 g/mol. The first-order valence-electron chi connectivity index (χ1n) is 25.8. The molecule has 0 spiro atoms. The monoisotopic (exact) mass is 988 g/mol. The Bertz CT molecular complexity index is 2670. The molecule has 376 valence electrons. The third kappa shape index (κ3) is 9.94. The van der Waals surface area contributed by atoms with Crippen LogP contribution in [-0.4, -0.2) is 103 Å². The van der Waals surface area contributed by atoms with E-state index in [1.807, 2.05) is 141 Å². The molecule has 2 amide bonds. The summed E-state index contributed by atoms with van der Waals surface area (Å²) >= 11 is 0. The van der Waals surface area contributed by atoms with Gasteiger partial charge in [-0.05, 0) is 71.9 Å². The highest BCUT2D eigenvalue weighted by molar-refractivity contribution is 5.71. The van der Waals surface area contributed by atoms with Gasteiger partial charge >= 0.3 is 12.2 Å². The second kappa shape index (κ2) is 22.0. The van der Waals surface area contributed by atoms with Crippen LogP contribution in [0, 0.1) is 0 Å². The van der Waals surface area contributed by atoms with E-state index in [0.717, 1.165) is 57.6 Å². The summed E-state index contributed by atoms with van der Waals surface area (Å²) in [7, 11) is 0. The molecule has 2 aromatic heterocycles. The second-order valence-corrected chi connectivity index (χ2v) is 19.3. The molecule has 8 aromatic rings. The number of ether oxygens (including phenoxy) is 4. The third-order valence-electron chi connectivity index (χ3n) is 14.7. The van der Waals surface area contributed by atoms with Gasteiger partial charge in [-0.15, -0.1) is 10.2 Å². The van der Waals surface area contributed by atoms with Crippen LogP contribution in [-0.2, 0) is 56.1 Å². The van der Waals surface area contributed by atoms with Crippen molar-refractivity contribution in [1.29, 1.82) is 0 Å². The molecule has 3 aliphatic rings. The Balaban J connectivity index is 0.834. The zero-order valence-electron chi connectivity index (χ0n) is 41.3. The summed E-state index contributed by atoms with van der Waals surface area (Å²) in [5.41, 5.74) is 5.44. The molecule has 5 heterocycles. The summed E-state index contributed by atoms with van der Waals surface area (Å²) in [5, 5.41) is 18.3. The third-order valence-corrected chi connectivity index (χ3v) is 14.7. The minimum Gasteiger partial charge on any atom is -0.441 e. The van der Waals surface area contributed by atoms with Crippen LogP contribution in [0.5, 0.6) is 0 Å². The van der Waals surface area contributed by atoms with Crippen LogP contribution in [0.15, 0.2) is 194 Å². The molecule has 3 aliphatic heterocycles. The lowest BCUT2D eigenvalue weighted by Gasteiger charge is -2.37. The molecule has 4 atom stereocenters. The largest absolute Gasteiger partial charge is 0.441 e. The van der Waals surface area contributed by atoms with Gasteiger partial charge in [0.25, 0.3) is 0 Å². The van der Waals surface area contributed by atoms with Crippen LogP contribution in [0.2, 0.25) is 0 Å². The predicted molar refractivity (Wildman–Crippen MR) is 278 cm³/mol. The van der Waals surface area contributed by atoms with E-state index in [0.29, 0.717) is 51.9 Å². The van der Waals surface area contributed by atoms with E-state index in [2.05, 4.69) is 93.4 Å². The predicted octanol–water partition coefficient (Wildman–Crippen LogP) is 9.63. The van der Waals surface area contributed by atoms with E-state index >= 15 is 0 Å². The summed E-state index contributed by atoms with van der Waals surface area (Å²) in [5.74, 6) is 0. The number of benzene rings is 6. The molecular formula is C60H60N8O6. The maximum absolute atomic E-state index is 14.0. The lowest BCUT2D eigenvalue weighted by Crippen LogP contribution is -2.44. The quantitative estimate of drug-likeness (QED) is 0.109. The Morgan fingerprint density at radius 2 is 0.730 bits per heavy atom. The fourth-order valence-corrected chi connectivity index (χ4v) is 11.1. The summed E-state index contributed by atoms with van der Waals surface area (Å²) in [6.07, 6.45) is 6.09. The fraction of sp³-hybridized carbons (Fsp3) is 0.300. The van der Waals surface area contributed by atoms with Gasteiger partial charge in [-0.3, -0.25) is 19.2 Å². The van der Waals surface area contributed by atoms with Gasteiger partial charge in [0.05, 0.1) is 49.8 Å². The van der Waals surface area contributed by atoms with Gasteiger partial charge in [0, 0.05) is 25.5 Å². The van der Waals surface area contributed by atoms with Crippen molar-refractivity contribution in [2.75, 3.05) is 26.3 Å². The Hall–Kier alpha value is -7.94. The molecule has 14 heteroatoms. The molecule has 0 aliphatic carbocycles. The number of aryl methyl sites for hydroxylation is 2. The van der Waals surface area contributed by atoms with Crippen molar-refractivity contribution in [3.63, 3.8) is 0 Å². The zero-order chi connectivity index (χ0) is 50.2. The average Bonchev–Trinajstić information content (AvgIpc) is 4.25. The highest BCUT2D eigenvalue weighted by Gasteiger charge is 2.47. The van der Waals surface area contributed by atoms with E-state index in [-0.39, 0.29) is 25.4 Å². The smallest absolute Gasteiger partial charge is 0.410 e.